The average molecular weight is 187 g/mol. The van der Waals surface area contributed by atoms with Crippen LogP contribution in [0.3, 0.4) is 0 Å². The lowest BCUT2D eigenvalue weighted by Gasteiger charge is -2.00. The molecule has 0 aromatic carbocycles. The van der Waals surface area contributed by atoms with Crippen molar-refractivity contribution < 1.29 is 10.2 Å². The molecule has 0 atom stereocenters. The monoisotopic (exact) mass is 187 g/mol. The van der Waals surface area contributed by atoms with E-state index < -0.39 is 0 Å². The Labute approximate surface area is 73.0 Å². The summed E-state index contributed by atoms with van der Waals surface area (Å²) >= 11 is 0.610. The molecule has 1 aromatic heterocycles. The molecule has 0 radical (unpaired) electrons. The maximum absolute atomic E-state index is 11.0. The Morgan fingerprint density at radius 1 is 1.67 bits per heavy atom. The number of allylic oxidation sites excluding steroid dienone is 1. The maximum Gasteiger partial charge on any atom is 0.313 e. The van der Waals surface area contributed by atoms with Crippen LogP contribution in [-0.2, 0) is 6.54 Å². The van der Waals surface area contributed by atoms with Crippen molar-refractivity contribution >= 4 is 11.3 Å². The molecule has 0 saturated heterocycles. The maximum atomic E-state index is 11.0. The van der Waals surface area contributed by atoms with Gasteiger partial charge in [0.25, 0.3) is 0 Å². The molecule has 0 bridgehead atoms. The van der Waals surface area contributed by atoms with E-state index in [4.69, 9.17) is 10.2 Å². The zero-order chi connectivity index (χ0) is 9.30. The zero-order valence-electron chi connectivity index (χ0n) is 6.57. The summed E-state index contributed by atoms with van der Waals surface area (Å²) in [6.45, 7) is 5.57. The van der Waals surface area contributed by atoms with Crippen LogP contribution in [0.2, 0.25) is 0 Å². The fourth-order valence-electron chi connectivity index (χ4n) is 0.795. The van der Waals surface area contributed by atoms with Crippen LogP contribution in [0.15, 0.2) is 16.9 Å². The highest BCUT2D eigenvalue weighted by Gasteiger charge is 2.11. The third-order valence-electron chi connectivity index (χ3n) is 1.28. The summed E-state index contributed by atoms with van der Waals surface area (Å²) in [5, 5.41) is 17.8. The number of hydrogen-bond donors (Lipinski definition) is 2. The Balaban J connectivity index is 3.14. The molecule has 0 unspecified atom stereocenters. The van der Waals surface area contributed by atoms with E-state index in [-0.39, 0.29) is 22.4 Å². The van der Waals surface area contributed by atoms with Gasteiger partial charge in [0.15, 0.2) is 0 Å². The SMILES string of the molecule is C=C(C)Cn1c(O)c(O)sc1=O. The van der Waals surface area contributed by atoms with Crippen LogP contribution < -0.4 is 4.87 Å². The Hall–Kier alpha value is -1.23. The summed E-state index contributed by atoms with van der Waals surface area (Å²) < 4.78 is 1.07. The minimum Gasteiger partial charge on any atom is -0.496 e. The first-order valence-electron chi connectivity index (χ1n) is 3.28. The van der Waals surface area contributed by atoms with Crippen LogP contribution in [0.5, 0.6) is 10.9 Å². The fraction of sp³-hybridized carbons (Fsp3) is 0.286. The van der Waals surface area contributed by atoms with Crippen molar-refractivity contribution in [2.75, 3.05) is 0 Å². The highest BCUT2D eigenvalue weighted by molar-refractivity contribution is 7.11. The van der Waals surface area contributed by atoms with Crippen LogP contribution in [0, 0.1) is 0 Å². The van der Waals surface area contributed by atoms with E-state index in [9.17, 15) is 4.79 Å². The highest BCUT2D eigenvalue weighted by Crippen LogP contribution is 2.27. The van der Waals surface area contributed by atoms with Gasteiger partial charge in [-0.15, -0.1) is 0 Å². The van der Waals surface area contributed by atoms with Crippen LogP contribution in [0.25, 0.3) is 0 Å². The summed E-state index contributed by atoms with van der Waals surface area (Å²) in [5.41, 5.74) is 0.741. The quantitative estimate of drug-likeness (QED) is 0.676. The second-order valence-corrected chi connectivity index (χ2v) is 3.48. The van der Waals surface area contributed by atoms with Crippen LogP contribution in [0.1, 0.15) is 6.92 Å². The molecule has 1 rings (SSSR count). The van der Waals surface area contributed by atoms with Gasteiger partial charge < -0.3 is 10.2 Å². The van der Waals surface area contributed by atoms with Gasteiger partial charge in [-0.2, -0.15) is 0 Å². The van der Waals surface area contributed by atoms with E-state index in [1.165, 1.54) is 0 Å². The van der Waals surface area contributed by atoms with Crippen molar-refractivity contribution in [3.8, 4) is 10.9 Å². The third kappa shape index (κ3) is 1.50. The van der Waals surface area contributed by atoms with Gasteiger partial charge in [-0.1, -0.05) is 12.2 Å². The van der Waals surface area contributed by atoms with E-state index >= 15 is 0 Å². The second-order valence-electron chi connectivity index (χ2n) is 2.54. The lowest BCUT2D eigenvalue weighted by Crippen LogP contribution is -2.12. The normalized spacial score (nSPS) is 10.1. The Bertz CT molecular complexity index is 363. The van der Waals surface area contributed by atoms with Gasteiger partial charge in [0.05, 0.1) is 6.54 Å². The molecule has 2 N–H and O–H groups in total. The topological polar surface area (TPSA) is 62.5 Å². The number of nitrogens with zero attached hydrogens (tertiary/aromatic N) is 1. The van der Waals surface area contributed by atoms with Gasteiger partial charge in [-0.3, -0.25) is 9.36 Å². The lowest BCUT2D eigenvalue weighted by atomic mass is 10.3. The van der Waals surface area contributed by atoms with Crippen molar-refractivity contribution in [3.05, 3.63) is 21.8 Å². The minimum absolute atomic E-state index is 0.238. The molecule has 0 aliphatic rings. The summed E-state index contributed by atoms with van der Waals surface area (Å²) in [5.74, 6) is -0.381. The first-order valence-corrected chi connectivity index (χ1v) is 4.10. The first kappa shape index (κ1) is 8.86. The predicted octanol–water partition coefficient (Wildman–Crippen LogP) is 0.897. The summed E-state index contributed by atoms with van der Waals surface area (Å²) in [6.07, 6.45) is 0. The van der Waals surface area contributed by atoms with E-state index in [1.807, 2.05) is 0 Å². The highest BCUT2D eigenvalue weighted by atomic mass is 32.1. The van der Waals surface area contributed by atoms with E-state index in [0.717, 1.165) is 10.1 Å². The molecule has 0 spiro atoms. The van der Waals surface area contributed by atoms with Crippen molar-refractivity contribution in [1.82, 2.24) is 4.57 Å². The first-order chi connectivity index (χ1) is 5.52. The van der Waals surface area contributed by atoms with E-state index in [1.54, 1.807) is 6.92 Å². The second kappa shape index (κ2) is 3.02. The Morgan fingerprint density at radius 2 is 2.25 bits per heavy atom. The minimum atomic E-state index is -0.381. The van der Waals surface area contributed by atoms with E-state index in [0.29, 0.717) is 11.3 Å². The molecule has 12 heavy (non-hydrogen) atoms. The van der Waals surface area contributed by atoms with Crippen LogP contribution in [0.4, 0.5) is 0 Å². The number of rotatable bonds is 2. The number of aromatic nitrogens is 1. The molecule has 4 nitrogen and oxygen atoms in total. The molecule has 5 heteroatoms. The van der Waals surface area contributed by atoms with Gasteiger partial charge in [-0.05, 0) is 18.3 Å². The molecule has 0 aliphatic heterocycles. The molecule has 1 aromatic rings. The molecule has 1 heterocycles. The summed E-state index contributed by atoms with van der Waals surface area (Å²) in [7, 11) is 0. The molecular weight excluding hydrogens is 178 g/mol. The van der Waals surface area contributed by atoms with Crippen LogP contribution >= 0.6 is 11.3 Å². The predicted molar refractivity (Wildman–Crippen MR) is 46.7 cm³/mol. The fourth-order valence-corrected chi connectivity index (χ4v) is 1.42. The van der Waals surface area contributed by atoms with Crippen molar-refractivity contribution in [1.29, 1.82) is 0 Å². The Morgan fingerprint density at radius 3 is 2.58 bits per heavy atom. The standard InChI is InChI=1S/C7H9NO3S/c1-4(2)3-8-5(9)6(10)12-7(8)11/h9-10H,1,3H2,2H3. The largest absolute Gasteiger partial charge is 0.496 e. The Kier molecular flexibility index (Phi) is 2.23. The molecule has 0 fully saturated rings. The smallest absolute Gasteiger partial charge is 0.313 e. The molecule has 66 valence electrons. The number of hydrogen-bond acceptors (Lipinski definition) is 4. The molecular formula is C7H9NO3S. The molecule has 0 saturated carbocycles. The van der Waals surface area contributed by atoms with Crippen molar-refractivity contribution in [2.45, 2.75) is 13.5 Å². The van der Waals surface area contributed by atoms with Gasteiger partial charge >= 0.3 is 4.87 Å². The van der Waals surface area contributed by atoms with Gasteiger partial charge in [0, 0.05) is 0 Å². The van der Waals surface area contributed by atoms with Gasteiger partial charge in [-0.25, -0.2) is 0 Å². The van der Waals surface area contributed by atoms with E-state index in [2.05, 4.69) is 6.58 Å². The summed E-state index contributed by atoms with van der Waals surface area (Å²) in [4.78, 5) is 10.6. The molecule has 0 aliphatic carbocycles. The number of thiazole rings is 1. The van der Waals surface area contributed by atoms with Crippen LogP contribution in [-0.4, -0.2) is 14.8 Å². The number of aromatic hydroxyl groups is 2. The molecule has 0 amide bonds. The van der Waals surface area contributed by atoms with Gasteiger partial charge in [0.1, 0.15) is 0 Å². The summed E-state index contributed by atoms with van der Waals surface area (Å²) in [6, 6.07) is 0. The van der Waals surface area contributed by atoms with Crippen molar-refractivity contribution in [3.63, 3.8) is 0 Å². The van der Waals surface area contributed by atoms with Gasteiger partial charge in [0.2, 0.25) is 10.9 Å². The average Bonchev–Trinajstić information content (AvgIpc) is 2.16. The zero-order valence-corrected chi connectivity index (χ0v) is 7.39. The lowest BCUT2D eigenvalue weighted by molar-refractivity contribution is 0.377. The van der Waals surface area contributed by atoms with Crippen molar-refractivity contribution in [2.24, 2.45) is 0 Å². The third-order valence-corrected chi connectivity index (χ3v) is 2.05.